The highest BCUT2D eigenvalue weighted by molar-refractivity contribution is 5.12. The molecule has 0 saturated carbocycles. The van der Waals surface area contributed by atoms with E-state index in [1.807, 2.05) is 19.1 Å². The van der Waals surface area contributed by atoms with Crippen LogP contribution in [0.5, 0.6) is 0 Å². The minimum atomic E-state index is 0.134. The number of pyridine rings is 1. The van der Waals surface area contributed by atoms with Crippen LogP contribution < -0.4 is 5.73 Å². The molecule has 2 heteroatoms. The first-order valence-electron chi connectivity index (χ1n) is 4.37. The van der Waals surface area contributed by atoms with Crippen molar-refractivity contribution >= 4 is 0 Å². The topological polar surface area (TPSA) is 38.9 Å². The van der Waals surface area contributed by atoms with Gasteiger partial charge in [-0.15, -0.1) is 11.8 Å². The fourth-order valence-electron chi connectivity index (χ4n) is 1.13. The zero-order valence-electron chi connectivity index (χ0n) is 7.83. The quantitative estimate of drug-likeness (QED) is 0.703. The van der Waals surface area contributed by atoms with E-state index in [2.05, 4.69) is 16.8 Å². The van der Waals surface area contributed by atoms with Crippen LogP contribution >= 0.6 is 0 Å². The van der Waals surface area contributed by atoms with Crippen LogP contribution in [0.3, 0.4) is 0 Å². The van der Waals surface area contributed by atoms with E-state index in [4.69, 9.17) is 5.73 Å². The summed E-state index contributed by atoms with van der Waals surface area (Å²) in [6, 6.07) is 4.10. The monoisotopic (exact) mass is 174 g/mol. The van der Waals surface area contributed by atoms with Gasteiger partial charge in [0.15, 0.2) is 0 Å². The molecule has 68 valence electrons. The molecule has 2 nitrogen and oxygen atoms in total. The maximum absolute atomic E-state index is 5.87. The van der Waals surface area contributed by atoms with E-state index in [0.717, 1.165) is 12.8 Å². The molecule has 0 aliphatic carbocycles. The molecule has 1 aromatic rings. The Morgan fingerprint density at radius 3 is 2.77 bits per heavy atom. The number of hydrogen-bond donors (Lipinski definition) is 1. The molecule has 0 bridgehead atoms. The highest BCUT2D eigenvalue weighted by Gasteiger charge is 2.00. The van der Waals surface area contributed by atoms with Crippen molar-refractivity contribution in [3.8, 4) is 11.8 Å². The molecule has 0 amide bonds. The molecule has 2 N–H and O–H groups in total. The molecule has 1 heterocycles. The number of nitrogens with zero attached hydrogens (tertiary/aromatic N) is 1. The summed E-state index contributed by atoms with van der Waals surface area (Å²) in [6.45, 7) is 1.83. The Balaban J connectivity index is 2.44. The summed E-state index contributed by atoms with van der Waals surface area (Å²) in [4.78, 5) is 3.95. The van der Waals surface area contributed by atoms with Crippen molar-refractivity contribution in [3.05, 3.63) is 30.1 Å². The second-order valence-electron chi connectivity index (χ2n) is 2.95. The SMILES string of the molecule is CC#CCC(N)Cc1ccncc1. The van der Waals surface area contributed by atoms with Gasteiger partial charge in [0.05, 0.1) is 0 Å². The first-order valence-corrected chi connectivity index (χ1v) is 4.37. The van der Waals surface area contributed by atoms with Crippen molar-refractivity contribution in [3.63, 3.8) is 0 Å². The van der Waals surface area contributed by atoms with E-state index in [9.17, 15) is 0 Å². The van der Waals surface area contributed by atoms with Crippen LogP contribution in [0.4, 0.5) is 0 Å². The van der Waals surface area contributed by atoms with Crippen LogP contribution in [-0.4, -0.2) is 11.0 Å². The Hall–Kier alpha value is -1.33. The molecule has 0 aliphatic rings. The molecule has 1 unspecified atom stereocenters. The van der Waals surface area contributed by atoms with Gasteiger partial charge in [0, 0.05) is 24.9 Å². The number of aromatic nitrogens is 1. The summed E-state index contributed by atoms with van der Waals surface area (Å²) >= 11 is 0. The summed E-state index contributed by atoms with van der Waals surface area (Å²) in [7, 11) is 0. The largest absolute Gasteiger partial charge is 0.327 e. The van der Waals surface area contributed by atoms with E-state index in [-0.39, 0.29) is 6.04 Å². The average Bonchev–Trinajstić information content (AvgIpc) is 2.16. The minimum Gasteiger partial charge on any atom is -0.327 e. The van der Waals surface area contributed by atoms with Gasteiger partial charge in [-0.1, -0.05) is 0 Å². The Bertz CT molecular complexity index is 295. The highest BCUT2D eigenvalue weighted by Crippen LogP contribution is 2.01. The van der Waals surface area contributed by atoms with Crippen molar-refractivity contribution in [2.24, 2.45) is 5.73 Å². The zero-order valence-corrected chi connectivity index (χ0v) is 7.83. The van der Waals surface area contributed by atoms with Gasteiger partial charge in [-0.25, -0.2) is 0 Å². The molecule has 0 saturated heterocycles. The average molecular weight is 174 g/mol. The second kappa shape index (κ2) is 5.34. The van der Waals surface area contributed by atoms with Crippen LogP contribution in [0.15, 0.2) is 24.5 Å². The molecule has 0 radical (unpaired) electrons. The van der Waals surface area contributed by atoms with E-state index >= 15 is 0 Å². The van der Waals surface area contributed by atoms with Crippen LogP contribution in [0.2, 0.25) is 0 Å². The normalized spacial score (nSPS) is 11.5. The number of nitrogens with two attached hydrogens (primary N) is 1. The van der Waals surface area contributed by atoms with Gasteiger partial charge in [0.2, 0.25) is 0 Å². The van der Waals surface area contributed by atoms with Gasteiger partial charge in [-0.05, 0) is 31.0 Å². The zero-order chi connectivity index (χ0) is 9.52. The summed E-state index contributed by atoms with van der Waals surface area (Å²) in [6.07, 6.45) is 5.21. The molecule has 1 rings (SSSR count). The van der Waals surface area contributed by atoms with Crippen molar-refractivity contribution in [1.29, 1.82) is 0 Å². The molecule has 1 atom stereocenters. The first-order chi connectivity index (χ1) is 6.33. The Morgan fingerprint density at radius 1 is 1.46 bits per heavy atom. The van der Waals surface area contributed by atoms with Crippen molar-refractivity contribution in [1.82, 2.24) is 4.98 Å². The maximum atomic E-state index is 5.87. The van der Waals surface area contributed by atoms with Gasteiger partial charge in [-0.3, -0.25) is 4.98 Å². The molecule has 0 aromatic carbocycles. The Labute approximate surface area is 79.2 Å². The summed E-state index contributed by atoms with van der Waals surface area (Å²) in [5.41, 5.74) is 7.09. The molecular weight excluding hydrogens is 160 g/mol. The van der Waals surface area contributed by atoms with Crippen molar-refractivity contribution in [2.75, 3.05) is 0 Å². The van der Waals surface area contributed by atoms with Gasteiger partial charge < -0.3 is 5.73 Å². The fourth-order valence-corrected chi connectivity index (χ4v) is 1.13. The van der Waals surface area contributed by atoms with Gasteiger partial charge in [-0.2, -0.15) is 0 Å². The smallest absolute Gasteiger partial charge is 0.0270 e. The Kier molecular flexibility index (Phi) is 4.01. The van der Waals surface area contributed by atoms with Crippen molar-refractivity contribution in [2.45, 2.75) is 25.8 Å². The van der Waals surface area contributed by atoms with Crippen LogP contribution in [-0.2, 0) is 6.42 Å². The molecular formula is C11H14N2. The maximum Gasteiger partial charge on any atom is 0.0270 e. The summed E-state index contributed by atoms with van der Waals surface area (Å²) in [5.74, 6) is 5.82. The van der Waals surface area contributed by atoms with Crippen LogP contribution in [0.1, 0.15) is 18.9 Å². The van der Waals surface area contributed by atoms with Crippen LogP contribution in [0, 0.1) is 11.8 Å². The third-order valence-electron chi connectivity index (χ3n) is 1.79. The molecule has 13 heavy (non-hydrogen) atoms. The molecule has 0 aliphatic heterocycles. The number of hydrogen-bond acceptors (Lipinski definition) is 2. The number of rotatable bonds is 3. The second-order valence-corrected chi connectivity index (χ2v) is 2.95. The molecule has 0 spiro atoms. The molecule has 1 aromatic heterocycles. The van der Waals surface area contributed by atoms with Crippen molar-refractivity contribution < 1.29 is 0 Å². The first kappa shape index (κ1) is 9.76. The van der Waals surface area contributed by atoms with E-state index in [1.54, 1.807) is 12.4 Å². The third-order valence-corrected chi connectivity index (χ3v) is 1.79. The standard InChI is InChI=1S/C11H14N2/c1-2-3-4-11(12)9-10-5-7-13-8-6-10/h5-8,11H,4,9,12H2,1H3. The molecule has 0 fully saturated rings. The van der Waals surface area contributed by atoms with E-state index in [0.29, 0.717) is 0 Å². The lowest BCUT2D eigenvalue weighted by Crippen LogP contribution is -2.21. The Morgan fingerprint density at radius 2 is 2.15 bits per heavy atom. The summed E-state index contributed by atoms with van der Waals surface area (Å²) in [5, 5.41) is 0. The third kappa shape index (κ3) is 3.73. The van der Waals surface area contributed by atoms with E-state index < -0.39 is 0 Å². The lowest BCUT2D eigenvalue weighted by Gasteiger charge is -2.06. The van der Waals surface area contributed by atoms with Gasteiger partial charge in [0.1, 0.15) is 0 Å². The minimum absolute atomic E-state index is 0.134. The predicted molar refractivity (Wildman–Crippen MR) is 54.0 cm³/mol. The lowest BCUT2D eigenvalue weighted by atomic mass is 10.1. The highest BCUT2D eigenvalue weighted by atomic mass is 14.6. The summed E-state index contributed by atoms with van der Waals surface area (Å²) < 4.78 is 0. The van der Waals surface area contributed by atoms with Gasteiger partial charge in [0.25, 0.3) is 0 Å². The van der Waals surface area contributed by atoms with E-state index in [1.165, 1.54) is 5.56 Å². The van der Waals surface area contributed by atoms with Gasteiger partial charge >= 0.3 is 0 Å². The lowest BCUT2D eigenvalue weighted by molar-refractivity contribution is 0.688. The predicted octanol–water partition coefficient (Wildman–Crippen LogP) is 1.36. The van der Waals surface area contributed by atoms with Crippen LogP contribution in [0.25, 0.3) is 0 Å². The fraction of sp³-hybridized carbons (Fsp3) is 0.364.